The molecule has 0 bridgehead atoms. The van der Waals surface area contributed by atoms with Crippen molar-refractivity contribution < 1.29 is 9.59 Å². The van der Waals surface area contributed by atoms with Gasteiger partial charge in [0.1, 0.15) is 0 Å². The van der Waals surface area contributed by atoms with Crippen LogP contribution in [0, 0.1) is 11.8 Å². The summed E-state index contributed by atoms with van der Waals surface area (Å²) < 4.78 is 0. The third kappa shape index (κ3) is 5.71. The minimum absolute atomic E-state index is 0. The number of hydrogen-bond donors (Lipinski definition) is 2. The Morgan fingerprint density at radius 3 is 2.23 bits per heavy atom. The summed E-state index contributed by atoms with van der Waals surface area (Å²) in [4.78, 5) is 26.3. The van der Waals surface area contributed by atoms with Gasteiger partial charge in [-0.05, 0) is 62.4 Å². The first-order chi connectivity index (χ1) is 12.0. The zero-order valence-electron chi connectivity index (χ0n) is 15.7. The number of piperidine rings is 1. The highest BCUT2D eigenvalue weighted by Gasteiger charge is 2.26. The van der Waals surface area contributed by atoms with E-state index in [1.807, 2.05) is 18.7 Å². The van der Waals surface area contributed by atoms with Crippen LogP contribution in [0.3, 0.4) is 0 Å². The van der Waals surface area contributed by atoms with E-state index in [1.54, 1.807) is 24.3 Å². The average Bonchev–Trinajstić information content (AvgIpc) is 3.45. The maximum Gasteiger partial charge on any atom is 0.253 e. The lowest BCUT2D eigenvalue weighted by Crippen LogP contribution is -2.45. The van der Waals surface area contributed by atoms with Gasteiger partial charge in [0, 0.05) is 36.3 Å². The van der Waals surface area contributed by atoms with Crippen LogP contribution in [0.4, 0.5) is 5.69 Å². The van der Waals surface area contributed by atoms with Gasteiger partial charge in [0.15, 0.2) is 0 Å². The molecule has 0 aromatic heterocycles. The quantitative estimate of drug-likeness (QED) is 0.797. The second-order valence-electron chi connectivity index (χ2n) is 7.64. The molecule has 2 amide bonds. The molecule has 5 nitrogen and oxygen atoms in total. The number of nitrogens with one attached hydrogen (secondary N) is 2. The van der Waals surface area contributed by atoms with Crippen molar-refractivity contribution in [3.05, 3.63) is 29.8 Å². The molecule has 0 unspecified atom stereocenters. The Hall–Kier alpha value is -1.59. The van der Waals surface area contributed by atoms with Gasteiger partial charge in [-0.15, -0.1) is 12.4 Å². The van der Waals surface area contributed by atoms with Gasteiger partial charge in [-0.3, -0.25) is 9.59 Å². The van der Waals surface area contributed by atoms with Gasteiger partial charge in [-0.1, -0.05) is 13.8 Å². The summed E-state index contributed by atoms with van der Waals surface area (Å²) in [5, 5.41) is 6.49. The number of halogens is 1. The van der Waals surface area contributed by atoms with Crippen LogP contribution in [-0.4, -0.2) is 42.4 Å². The molecule has 0 spiro atoms. The van der Waals surface area contributed by atoms with Gasteiger partial charge < -0.3 is 15.5 Å². The van der Waals surface area contributed by atoms with Crippen molar-refractivity contribution >= 4 is 29.9 Å². The van der Waals surface area contributed by atoms with E-state index in [0.717, 1.165) is 44.1 Å². The van der Waals surface area contributed by atoms with Gasteiger partial charge in [0.25, 0.3) is 5.91 Å². The molecule has 6 heteroatoms. The molecule has 2 fully saturated rings. The lowest BCUT2D eigenvalue weighted by Gasteiger charge is -2.32. The van der Waals surface area contributed by atoms with Crippen molar-refractivity contribution in [1.82, 2.24) is 10.2 Å². The standard InChI is InChI=1S/C20H29N3O2.ClH/c1-14(2)19(24)22-18-7-5-16(6-8-18)20(25)23-11-9-17(10-12-23)21-13-15-3-4-15;/h5-8,14-15,17,21H,3-4,9-13H2,1-2H3,(H,22,24);1H. The van der Waals surface area contributed by atoms with E-state index < -0.39 is 0 Å². The first-order valence-corrected chi connectivity index (χ1v) is 9.46. The number of anilines is 1. The minimum atomic E-state index is -0.0591. The number of likely N-dealkylation sites (tertiary alicyclic amines) is 1. The van der Waals surface area contributed by atoms with Crippen molar-refractivity contribution in [3.8, 4) is 0 Å². The number of amides is 2. The van der Waals surface area contributed by atoms with Crippen LogP contribution >= 0.6 is 12.4 Å². The maximum absolute atomic E-state index is 12.6. The van der Waals surface area contributed by atoms with Crippen LogP contribution in [0.1, 0.15) is 49.9 Å². The van der Waals surface area contributed by atoms with Crippen molar-refractivity contribution in [2.75, 3.05) is 25.0 Å². The van der Waals surface area contributed by atoms with Crippen molar-refractivity contribution in [2.24, 2.45) is 11.8 Å². The lowest BCUT2D eigenvalue weighted by atomic mass is 10.0. The van der Waals surface area contributed by atoms with Gasteiger partial charge in [-0.2, -0.15) is 0 Å². The van der Waals surface area contributed by atoms with E-state index in [0.29, 0.717) is 11.6 Å². The fourth-order valence-corrected chi connectivity index (χ4v) is 3.11. The van der Waals surface area contributed by atoms with Crippen LogP contribution in [0.2, 0.25) is 0 Å². The fraction of sp³-hybridized carbons (Fsp3) is 0.600. The Bertz CT molecular complexity index is 606. The topological polar surface area (TPSA) is 61.4 Å². The van der Waals surface area contributed by atoms with E-state index in [2.05, 4.69) is 10.6 Å². The number of benzene rings is 1. The van der Waals surface area contributed by atoms with Gasteiger partial charge >= 0.3 is 0 Å². The molecule has 3 rings (SSSR count). The van der Waals surface area contributed by atoms with Gasteiger partial charge in [0.05, 0.1) is 0 Å². The Balaban J connectivity index is 0.00000243. The lowest BCUT2D eigenvalue weighted by molar-refractivity contribution is -0.118. The Kier molecular flexibility index (Phi) is 7.47. The summed E-state index contributed by atoms with van der Waals surface area (Å²) in [5.41, 5.74) is 1.42. The molecular weight excluding hydrogens is 350 g/mol. The predicted molar refractivity (Wildman–Crippen MR) is 107 cm³/mol. The van der Waals surface area contributed by atoms with E-state index in [1.165, 1.54) is 12.8 Å². The largest absolute Gasteiger partial charge is 0.339 e. The zero-order valence-corrected chi connectivity index (χ0v) is 16.5. The number of rotatable bonds is 6. The number of hydrogen-bond acceptors (Lipinski definition) is 3. The third-order valence-corrected chi connectivity index (χ3v) is 5.10. The Labute approximate surface area is 162 Å². The summed E-state index contributed by atoms with van der Waals surface area (Å²) >= 11 is 0. The molecule has 0 radical (unpaired) electrons. The molecule has 2 aliphatic rings. The smallest absolute Gasteiger partial charge is 0.253 e. The van der Waals surface area contributed by atoms with Crippen molar-refractivity contribution in [2.45, 2.75) is 45.6 Å². The molecule has 0 atom stereocenters. The predicted octanol–water partition coefficient (Wildman–Crippen LogP) is 3.31. The number of carbonyl (C=O) groups is 2. The van der Waals surface area contributed by atoms with E-state index in [4.69, 9.17) is 0 Å². The van der Waals surface area contributed by atoms with Crippen LogP contribution in [0.15, 0.2) is 24.3 Å². The number of carbonyl (C=O) groups excluding carboxylic acids is 2. The normalized spacial score (nSPS) is 17.7. The summed E-state index contributed by atoms with van der Waals surface area (Å²) in [6, 6.07) is 7.76. The summed E-state index contributed by atoms with van der Waals surface area (Å²) in [7, 11) is 0. The van der Waals surface area contributed by atoms with E-state index in [-0.39, 0.29) is 30.1 Å². The van der Waals surface area contributed by atoms with Crippen molar-refractivity contribution in [1.29, 1.82) is 0 Å². The van der Waals surface area contributed by atoms with Crippen LogP contribution in [-0.2, 0) is 4.79 Å². The van der Waals surface area contributed by atoms with E-state index in [9.17, 15) is 9.59 Å². The SMILES string of the molecule is CC(C)C(=O)Nc1ccc(C(=O)N2CCC(NCC3CC3)CC2)cc1.Cl. The number of nitrogens with zero attached hydrogens (tertiary/aromatic N) is 1. The second kappa shape index (κ2) is 9.38. The first kappa shape index (κ1) is 20.7. The highest BCUT2D eigenvalue weighted by atomic mass is 35.5. The molecule has 1 aromatic carbocycles. The average molecular weight is 380 g/mol. The second-order valence-corrected chi connectivity index (χ2v) is 7.64. The van der Waals surface area contributed by atoms with Gasteiger partial charge in [0.2, 0.25) is 5.91 Å². The van der Waals surface area contributed by atoms with E-state index >= 15 is 0 Å². The maximum atomic E-state index is 12.6. The van der Waals surface area contributed by atoms with Crippen molar-refractivity contribution in [3.63, 3.8) is 0 Å². The summed E-state index contributed by atoms with van der Waals surface area (Å²) in [6.45, 7) is 6.48. The summed E-state index contributed by atoms with van der Waals surface area (Å²) in [5.74, 6) is 0.910. The Morgan fingerprint density at radius 1 is 1.08 bits per heavy atom. The third-order valence-electron chi connectivity index (χ3n) is 5.10. The minimum Gasteiger partial charge on any atom is -0.339 e. The molecule has 144 valence electrons. The molecule has 1 aromatic rings. The Morgan fingerprint density at radius 2 is 1.69 bits per heavy atom. The van der Waals surface area contributed by atoms with Gasteiger partial charge in [-0.25, -0.2) is 0 Å². The molecule has 1 aliphatic heterocycles. The summed E-state index contributed by atoms with van der Waals surface area (Å²) in [6.07, 6.45) is 4.80. The molecule has 1 saturated heterocycles. The highest BCUT2D eigenvalue weighted by Crippen LogP contribution is 2.28. The molecule has 2 N–H and O–H groups in total. The highest BCUT2D eigenvalue weighted by molar-refractivity contribution is 5.96. The fourth-order valence-electron chi connectivity index (χ4n) is 3.11. The molecule has 1 aliphatic carbocycles. The monoisotopic (exact) mass is 379 g/mol. The first-order valence-electron chi connectivity index (χ1n) is 9.46. The molecule has 1 saturated carbocycles. The molecule has 1 heterocycles. The molecular formula is C20H30ClN3O2. The van der Waals surface area contributed by atoms with Crippen LogP contribution < -0.4 is 10.6 Å². The van der Waals surface area contributed by atoms with Crippen LogP contribution in [0.25, 0.3) is 0 Å². The molecule has 26 heavy (non-hydrogen) atoms. The zero-order chi connectivity index (χ0) is 17.8. The van der Waals surface area contributed by atoms with Crippen LogP contribution in [0.5, 0.6) is 0 Å².